The highest BCUT2D eigenvalue weighted by Gasteiger charge is 2.31. The Kier molecular flexibility index (Phi) is 16.4. The van der Waals surface area contributed by atoms with Crippen molar-refractivity contribution in [3.63, 3.8) is 0 Å². The lowest BCUT2D eigenvalue weighted by molar-refractivity contribution is -0.157. The zero-order chi connectivity index (χ0) is 34.6. The summed E-state index contributed by atoms with van der Waals surface area (Å²) in [4.78, 5) is 55.1. The van der Waals surface area contributed by atoms with Crippen molar-refractivity contribution in [1.29, 1.82) is 0 Å². The molecular formula is C39H46N2O7. The van der Waals surface area contributed by atoms with Crippen LogP contribution in [0.25, 0.3) is 0 Å². The van der Waals surface area contributed by atoms with Crippen molar-refractivity contribution >= 4 is 23.8 Å². The number of aliphatic hydroxyl groups is 1. The van der Waals surface area contributed by atoms with E-state index in [2.05, 4.69) is 18.5 Å². The summed E-state index contributed by atoms with van der Waals surface area (Å²) < 4.78 is 11.2. The van der Waals surface area contributed by atoms with E-state index in [1.54, 1.807) is 18.2 Å². The number of rotatable bonds is 21. The van der Waals surface area contributed by atoms with Gasteiger partial charge < -0.3 is 24.8 Å². The Labute approximate surface area is 283 Å². The fourth-order valence-corrected chi connectivity index (χ4v) is 5.13. The molecule has 0 fully saturated rings. The first kappa shape index (κ1) is 37.4. The molecule has 0 aliphatic heterocycles. The summed E-state index contributed by atoms with van der Waals surface area (Å²) in [5.74, 6) is -3.57. The molecule has 0 spiro atoms. The lowest BCUT2D eigenvalue weighted by atomic mass is 9.95. The number of amides is 2. The lowest BCUT2D eigenvalue weighted by Crippen LogP contribution is -2.48. The number of carbonyl (C=O) groups is 4. The fraction of sp³-hybridized carbons (Fsp3) is 0.333. The van der Waals surface area contributed by atoms with Crippen molar-refractivity contribution in [3.8, 4) is 0 Å². The Balaban J connectivity index is 1.74. The molecule has 3 atom stereocenters. The van der Waals surface area contributed by atoms with E-state index in [0.29, 0.717) is 19.3 Å². The van der Waals surface area contributed by atoms with E-state index in [0.717, 1.165) is 16.7 Å². The van der Waals surface area contributed by atoms with Gasteiger partial charge in [0.25, 0.3) is 0 Å². The summed E-state index contributed by atoms with van der Waals surface area (Å²) in [5, 5.41) is 12.3. The van der Waals surface area contributed by atoms with Crippen LogP contribution in [0, 0.1) is 11.8 Å². The van der Waals surface area contributed by atoms with E-state index in [1.165, 1.54) is 11.0 Å². The molecule has 48 heavy (non-hydrogen) atoms. The third-order valence-electron chi connectivity index (χ3n) is 7.78. The van der Waals surface area contributed by atoms with E-state index in [1.807, 2.05) is 78.9 Å². The molecular weight excluding hydrogens is 608 g/mol. The van der Waals surface area contributed by atoms with Crippen LogP contribution in [-0.4, -0.2) is 59.6 Å². The standard InChI is InChI=1S/C39H46N2O7/c1-3-5-22-34(25-30-16-9-6-10-17-30)38(45)48-29-35(39(46)47-28-32-20-13-8-14-21-32)40-37(44)33(15-4-2)26-36(43)41(23-24-42)27-31-18-11-7-12-19-31/h3-4,6-14,16-21,33-35,42H,1-2,5,15,22-29H2,(H,40,44). The van der Waals surface area contributed by atoms with Crippen molar-refractivity contribution in [2.45, 2.75) is 51.3 Å². The second-order valence-electron chi connectivity index (χ2n) is 11.5. The molecule has 3 rings (SSSR count). The van der Waals surface area contributed by atoms with Crippen molar-refractivity contribution in [3.05, 3.63) is 133 Å². The van der Waals surface area contributed by atoms with Crippen molar-refractivity contribution in [2.75, 3.05) is 19.8 Å². The minimum Gasteiger partial charge on any atom is -0.463 e. The van der Waals surface area contributed by atoms with Crippen LogP contribution >= 0.6 is 0 Å². The molecule has 0 radical (unpaired) electrons. The fourth-order valence-electron chi connectivity index (χ4n) is 5.13. The van der Waals surface area contributed by atoms with Crippen LogP contribution < -0.4 is 5.32 Å². The van der Waals surface area contributed by atoms with Gasteiger partial charge in [0.15, 0.2) is 6.04 Å². The number of ether oxygens (including phenoxy) is 2. The van der Waals surface area contributed by atoms with Gasteiger partial charge >= 0.3 is 11.9 Å². The van der Waals surface area contributed by atoms with E-state index in [-0.39, 0.29) is 45.1 Å². The summed E-state index contributed by atoms with van der Waals surface area (Å²) in [6.45, 7) is 7.13. The predicted octanol–water partition coefficient (Wildman–Crippen LogP) is 5.19. The second-order valence-corrected chi connectivity index (χ2v) is 11.5. The third kappa shape index (κ3) is 13.0. The Morgan fingerprint density at radius 3 is 1.96 bits per heavy atom. The molecule has 0 aliphatic carbocycles. The molecule has 0 aromatic heterocycles. The first-order valence-corrected chi connectivity index (χ1v) is 16.2. The normalized spacial score (nSPS) is 12.5. The number of hydrogen-bond donors (Lipinski definition) is 2. The number of esters is 2. The van der Waals surface area contributed by atoms with Crippen LogP contribution in [0.15, 0.2) is 116 Å². The maximum absolute atomic E-state index is 13.6. The van der Waals surface area contributed by atoms with Crippen molar-refractivity contribution in [2.24, 2.45) is 11.8 Å². The maximum Gasteiger partial charge on any atom is 0.332 e. The highest BCUT2D eigenvalue weighted by molar-refractivity contribution is 5.89. The first-order chi connectivity index (χ1) is 23.3. The van der Waals surface area contributed by atoms with Gasteiger partial charge in [0.1, 0.15) is 13.2 Å². The molecule has 3 aromatic carbocycles. The third-order valence-corrected chi connectivity index (χ3v) is 7.78. The number of allylic oxidation sites excluding steroid dienone is 2. The Morgan fingerprint density at radius 1 is 0.771 bits per heavy atom. The number of nitrogens with one attached hydrogen (secondary N) is 1. The van der Waals surface area contributed by atoms with Crippen LogP contribution in [0.5, 0.6) is 0 Å². The average Bonchev–Trinajstić information content (AvgIpc) is 3.11. The van der Waals surface area contributed by atoms with Gasteiger partial charge in [0.05, 0.1) is 18.4 Å². The molecule has 2 N–H and O–H groups in total. The number of aliphatic hydroxyl groups excluding tert-OH is 1. The van der Waals surface area contributed by atoms with Gasteiger partial charge in [-0.2, -0.15) is 0 Å². The summed E-state index contributed by atoms with van der Waals surface area (Å²) in [6, 6.07) is 26.6. The topological polar surface area (TPSA) is 122 Å². The summed E-state index contributed by atoms with van der Waals surface area (Å²) in [6.07, 6.45) is 4.78. The molecule has 0 bridgehead atoms. The minimum absolute atomic E-state index is 0.0415. The van der Waals surface area contributed by atoms with Gasteiger partial charge in [-0.25, -0.2) is 4.79 Å². The molecule has 9 heteroatoms. The average molecular weight is 655 g/mol. The summed E-state index contributed by atoms with van der Waals surface area (Å²) in [7, 11) is 0. The smallest absolute Gasteiger partial charge is 0.332 e. The quantitative estimate of drug-likeness (QED) is 0.120. The molecule has 0 saturated heterocycles. The van der Waals surface area contributed by atoms with E-state index >= 15 is 0 Å². The minimum atomic E-state index is -1.32. The SMILES string of the molecule is C=CCCC(Cc1ccccc1)C(=O)OCC(NC(=O)C(CC=C)CC(=O)N(CCO)Cc1ccccc1)C(=O)OCc1ccccc1. The van der Waals surface area contributed by atoms with Crippen molar-refractivity contribution < 1.29 is 33.8 Å². The molecule has 254 valence electrons. The number of benzene rings is 3. The van der Waals surface area contributed by atoms with Gasteiger partial charge in [-0.1, -0.05) is 103 Å². The molecule has 0 aliphatic rings. The molecule has 3 aromatic rings. The Hall–Kier alpha value is -5.02. The first-order valence-electron chi connectivity index (χ1n) is 16.2. The van der Waals surface area contributed by atoms with E-state index in [9.17, 15) is 24.3 Å². The van der Waals surface area contributed by atoms with Gasteiger partial charge in [-0.05, 0) is 42.4 Å². The number of hydrogen-bond acceptors (Lipinski definition) is 7. The zero-order valence-electron chi connectivity index (χ0n) is 27.4. The second kappa shape index (κ2) is 21.0. The predicted molar refractivity (Wildman–Crippen MR) is 184 cm³/mol. The largest absolute Gasteiger partial charge is 0.463 e. The highest BCUT2D eigenvalue weighted by atomic mass is 16.6. The summed E-state index contributed by atoms with van der Waals surface area (Å²) >= 11 is 0. The maximum atomic E-state index is 13.6. The van der Waals surface area contributed by atoms with E-state index < -0.39 is 42.3 Å². The molecule has 2 amide bonds. The van der Waals surface area contributed by atoms with Gasteiger partial charge in [-0.3, -0.25) is 14.4 Å². The highest BCUT2D eigenvalue weighted by Crippen LogP contribution is 2.18. The van der Waals surface area contributed by atoms with Crippen LogP contribution in [0.3, 0.4) is 0 Å². The zero-order valence-corrected chi connectivity index (χ0v) is 27.4. The number of nitrogens with zero attached hydrogens (tertiary/aromatic N) is 1. The summed E-state index contributed by atoms with van der Waals surface area (Å²) in [5.41, 5.74) is 2.60. The van der Waals surface area contributed by atoms with Gasteiger partial charge in [0.2, 0.25) is 11.8 Å². The van der Waals surface area contributed by atoms with E-state index in [4.69, 9.17) is 9.47 Å². The molecule has 0 heterocycles. The molecule has 3 unspecified atom stereocenters. The van der Waals surface area contributed by atoms with Gasteiger partial charge in [-0.15, -0.1) is 13.2 Å². The van der Waals surface area contributed by atoms with Crippen LogP contribution in [0.2, 0.25) is 0 Å². The molecule has 9 nitrogen and oxygen atoms in total. The monoisotopic (exact) mass is 654 g/mol. The Morgan fingerprint density at radius 2 is 1.38 bits per heavy atom. The van der Waals surface area contributed by atoms with Gasteiger partial charge in [0, 0.05) is 19.5 Å². The van der Waals surface area contributed by atoms with Crippen LogP contribution in [0.1, 0.15) is 42.4 Å². The molecule has 0 saturated carbocycles. The Bertz CT molecular complexity index is 1450. The lowest BCUT2D eigenvalue weighted by Gasteiger charge is -2.25. The van der Waals surface area contributed by atoms with Crippen LogP contribution in [0.4, 0.5) is 0 Å². The van der Waals surface area contributed by atoms with Crippen LogP contribution in [-0.2, 0) is 48.2 Å². The van der Waals surface area contributed by atoms with Crippen molar-refractivity contribution in [1.82, 2.24) is 10.2 Å². The number of carbonyl (C=O) groups excluding carboxylic acids is 4.